The molecule has 2 unspecified atom stereocenters. The summed E-state index contributed by atoms with van der Waals surface area (Å²) < 4.78 is 2.38. The number of hydrogen-bond acceptors (Lipinski definition) is 3. The highest BCUT2D eigenvalue weighted by atomic mass is 32.2. The zero-order valence-electron chi connectivity index (χ0n) is 10.8. The van der Waals surface area contributed by atoms with Gasteiger partial charge in [-0.3, -0.25) is 0 Å². The summed E-state index contributed by atoms with van der Waals surface area (Å²) in [5.41, 5.74) is 1.27. The van der Waals surface area contributed by atoms with Gasteiger partial charge in [-0.05, 0) is 43.1 Å². The molecule has 0 radical (unpaired) electrons. The van der Waals surface area contributed by atoms with E-state index in [1.165, 1.54) is 42.3 Å². The summed E-state index contributed by atoms with van der Waals surface area (Å²) in [4.78, 5) is 4.63. The van der Waals surface area contributed by atoms with Crippen LogP contribution in [0.4, 0.5) is 0 Å². The van der Waals surface area contributed by atoms with Crippen LogP contribution >= 0.6 is 11.8 Å². The second-order valence-electron chi connectivity index (χ2n) is 5.56. The molecule has 1 aromatic heterocycles. The van der Waals surface area contributed by atoms with Crippen molar-refractivity contribution in [3.05, 3.63) is 17.7 Å². The smallest absolute Gasteiger partial charge is 0.109 e. The highest BCUT2D eigenvalue weighted by molar-refractivity contribution is 7.99. The molecule has 2 atom stereocenters. The summed E-state index contributed by atoms with van der Waals surface area (Å²) in [5.74, 6) is 5.02. The van der Waals surface area contributed by atoms with Crippen LogP contribution in [0.25, 0.3) is 0 Å². The van der Waals surface area contributed by atoms with Gasteiger partial charge in [0.25, 0.3) is 0 Å². The molecule has 1 N–H and O–H groups in total. The van der Waals surface area contributed by atoms with Crippen LogP contribution in [0.15, 0.2) is 6.20 Å². The molecular formula is C14H22N2OS. The number of aliphatic hydroxyl groups is 1. The first-order valence-corrected chi connectivity index (χ1v) is 8.27. The van der Waals surface area contributed by atoms with E-state index in [4.69, 9.17) is 0 Å². The average molecular weight is 266 g/mol. The fourth-order valence-electron chi connectivity index (χ4n) is 3.23. The Labute approximate surface area is 113 Å². The first kappa shape index (κ1) is 12.5. The molecule has 2 aliphatic heterocycles. The molecule has 0 saturated carbocycles. The number of nitrogens with zero attached hydrogens (tertiary/aromatic N) is 2. The van der Waals surface area contributed by atoms with E-state index >= 15 is 0 Å². The lowest BCUT2D eigenvalue weighted by atomic mass is 9.96. The molecular weight excluding hydrogens is 244 g/mol. The molecule has 3 nitrogen and oxygen atoms in total. The Morgan fingerprint density at radius 1 is 1.39 bits per heavy atom. The van der Waals surface area contributed by atoms with Crippen LogP contribution in [-0.2, 0) is 13.0 Å². The molecule has 4 heteroatoms. The second kappa shape index (κ2) is 5.66. The van der Waals surface area contributed by atoms with Gasteiger partial charge in [-0.15, -0.1) is 0 Å². The number of aliphatic hydroxyl groups excluding tert-OH is 1. The predicted octanol–water partition coefficient (Wildman–Crippen LogP) is 2.44. The van der Waals surface area contributed by atoms with E-state index in [2.05, 4.69) is 21.3 Å². The van der Waals surface area contributed by atoms with E-state index in [-0.39, 0.29) is 6.61 Å². The van der Waals surface area contributed by atoms with Crippen LogP contribution in [-0.4, -0.2) is 32.8 Å². The quantitative estimate of drug-likeness (QED) is 0.913. The molecule has 0 amide bonds. The molecule has 1 fully saturated rings. The van der Waals surface area contributed by atoms with Crippen molar-refractivity contribution >= 4 is 11.8 Å². The third-order valence-corrected chi connectivity index (χ3v) is 5.55. The molecule has 0 bridgehead atoms. The summed E-state index contributed by atoms with van der Waals surface area (Å²) in [6.45, 7) is 1.37. The lowest BCUT2D eigenvalue weighted by molar-refractivity contribution is 0.240. The normalized spacial score (nSPS) is 28.1. The summed E-state index contributed by atoms with van der Waals surface area (Å²) in [5, 5.41) is 9.42. The summed E-state index contributed by atoms with van der Waals surface area (Å²) >= 11 is 2.09. The van der Waals surface area contributed by atoms with Gasteiger partial charge in [0.1, 0.15) is 5.82 Å². The number of rotatable bonds is 3. The number of aromatic nitrogens is 2. The minimum atomic E-state index is 0.268. The fraction of sp³-hybridized carbons (Fsp3) is 0.786. The Morgan fingerprint density at radius 2 is 2.33 bits per heavy atom. The minimum Gasteiger partial charge on any atom is -0.396 e. The molecule has 1 saturated heterocycles. The molecule has 0 spiro atoms. The van der Waals surface area contributed by atoms with Crippen molar-refractivity contribution in [1.82, 2.24) is 9.55 Å². The van der Waals surface area contributed by atoms with Crippen molar-refractivity contribution in [3.8, 4) is 0 Å². The van der Waals surface area contributed by atoms with Gasteiger partial charge in [-0.25, -0.2) is 4.98 Å². The van der Waals surface area contributed by atoms with E-state index in [9.17, 15) is 5.11 Å². The Kier molecular flexibility index (Phi) is 3.94. The van der Waals surface area contributed by atoms with Crippen LogP contribution in [0.5, 0.6) is 0 Å². The van der Waals surface area contributed by atoms with E-state index in [0.29, 0.717) is 5.92 Å². The highest BCUT2D eigenvalue weighted by Gasteiger charge is 2.24. The van der Waals surface area contributed by atoms with E-state index in [1.807, 2.05) is 6.20 Å². The molecule has 3 rings (SSSR count). The van der Waals surface area contributed by atoms with E-state index in [1.54, 1.807) is 0 Å². The van der Waals surface area contributed by atoms with Crippen LogP contribution in [0, 0.1) is 5.92 Å². The second-order valence-corrected chi connectivity index (χ2v) is 6.71. The molecule has 1 aromatic rings. The number of fused-ring (bicyclic) bond motifs is 1. The van der Waals surface area contributed by atoms with Gasteiger partial charge in [-0.2, -0.15) is 11.8 Å². The van der Waals surface area contributed by atoms with Gasteiger partial charge in [-0.1, -0.05) is 0 Å². The van der Waals surface area contributed by atoms with Crippen LogP contribution in [0.1, 0.15) is 43.1 Å². The monoisotopic (exact) mass is 266 g/mol. The third-order valence-electron chi connectivity index (χ3n) is 4.27. The van der Waals surface area contributed by atoms with Gasteiger partial charge < -0.3 is 9.67 Å². The first-order chi connectivity index (χ1) is 8.88. The zero-order valence-corrected chi connectivity index (χ0v) is 11.7. The van der Waals surface area contributed by atoms with Gasteiger partial charge >= 0.3 is 0 Å². The summed E-state index contributed by atoms with van der Waals surface area (Å²) in [6.07, 6.45) is 8.15. The number of thioether (sulfide) groups is 1. The Balaban J connectivity index is 1.74. The van der Waals surface area contributed by atoms with Gasteiger partial charge in [0.2, 0.25) is 0 Å². The van der Waals surface area contributed by atoms with Crippen LogP contribution < -0.4 is 0 Å². The Bertz CT molecular complexity index is 398. The van der Waals surface area contributed by atoms with E-state index in [0.717, 1.165) is 25.3 Å². The topological polar surface area (TPSA) is 38.0 Å². The molecule has 3 heterocycles. The zero-order chi connectivity index (χ0) is 12.4. The lowest BCUT2D eigenvalue weighted by Gasteiger charge is -2.25. The Hall–Kier alpha value is -0.480. The van der Waals surface area contributed by atoms with Gasteiger partial charge in [0.15, 0.2) is 0 Å². The minimum absolute atomic E-state index is 0.268. The molecule has 0 aromatic carbocycles. The number of hydrogen-bond donors (Lipinski definition) is 1. The van der Waals surface area contributed by atoms with Gasteiger partial charge in [0, 0.05) is 30.8 Å². The van der Waals surface area contributed by atoms with Crippen molar-refractivity contribution in [2.45, 2.75) is 44.6 Å². The standard InChI is InChI=1S/C14H22N2OS/c17-9-12-4-1-5-16-13(12)8-15-14(16)7-11-3-2-6-18-10-11/h8,11-12,17H,1-7,9-10H2. The van der Waals surface area contributed by atoms with Crippen molar-refractivity contribution in [2.24, 2.45) is 5.92 Å². The Morgan fingerprint density at radius 3 is 3.11 bits per heavy atom. The maximum Gasteiger partial charge on any atom is 0.109 e. The average Bonchev–Trinajstić information content (AvgIpc) is 2.83. The summed E-state index contributed by atoms with van der Waals surface area (Å²) in [6, 6.07) is 0. The molecule has 2 aliphatic rings. The highest BCUT2D eigenvalue weighted by Crippen LogP contribution is 2.30. The first-order valence-electron chi connectivity index (χ1n) is 7.11. The van der Waals surface area contributed by atoms with Crippen LogP contribution in [0.2, 0.25) is 0 Å². The van der Waals surface area contributed by atoms with Crippen molar-refractivity contribution in [1.29, 1.82) is 0 Å². The lowest BCUT2D eigenvalue weighted by Crippen LogP contribution is -2.21. The predicted molar refractivity (Wildman–Crippen MR) is 75.0 cm³/mol. The third kappa shape index (κ3) is 2.45. The summed E-state index contributed by atoms with van der Waals surface area (Å²) in [7, 11) is 0. The maximum absolute atomic E-state index is 9.42. The van der Waals surface area contributed by atoms with Crippen molar-refractivity contribution in [3.63, 3.8) is 0 Å². The number of imidazole rings is 1. The van der Waals surface area contributed by atoms with Crippen LogP contribution in [0.3, 0.4) is 0 Å². The molecule has 18 heavy (non-hydrogen) atoms. The van der Waals surface area contributed by atoms with Crippen molar-refractivity contribution in [2.75, 3.05) is 18.1 Å². The fourth-order valence-corrected chi connectivity index (χ4v) is 4.39. The largest absolute Gasteiger partial charge is 0.396 e. The molecule has 0 aliphatic carbocycles. The van der Waals surface area contributed by atoms with Gasteiger partial charge in [0.05, 0.1) is 6.61 Å². The maximum atomic E-state index is 9.42. The molecule has 100 valence electrons. The van der Waals surface area contributed by atoms with Crippen molar-refractivity contribution < 1.29 is 5.11 Å². The van der Waals surface area contributed by atoms with E-state index < -0.39 is 0 Å². The SMILES string of the molecule is OCC1CCCn2c1cnc2CC1CCCSC1.